The van der Waals surface area contributed by atoms with E-state index >= 15 is 0 Å². The second-order valence-electron chi connectivity index (χ2n) is 4.06. The molecule has 0 amide bonds. The van der Waals surface area contributed by atoms with E-state index in [1.54, 1.807) is 20.8 Å². The number of aliphatic hydroxyl groups excluding tert-OH is 1. The molecule has 0 spiro atoms. The molecule has 0 radical (unpaired) electrons. The summed E-state index contributed by atoms with van der Waals surface area (Å²) in [5.41, 5.74) is -0.597. The molecule has 1 rings (SSSR count). The van der Waals surface area contributed by atoms with Gasteiger partial charge in [-0.15, -0.1) is 0 Å². The minimum atomic E-state index is -1.69. The van der Waals surface area contributed by atoms with Crippen LogP contribution in [0.3, 0.4) is 0 Å². The number of hydrogen-bond acceptors (Lipinski definition) is 5. The van der Waals surface area contributed by atoms with Crippen LogP contribution in [0.4, 0.5) is 4.79 Å². The predicted octanol–water partition coefficient (Wildman–Crippen LogP) is 0.649. The summed E-state index contributed by atoms with van der Waals surface area (Å²) in [7, 11) is 0. The average Bonchev–Trinajstić information content (AvgIpc) is 2.47. The number of hydrogen-bond donors (Lipinski definition) is 2. The van der Waals surface area contributed by atoms with Gasteiger partial charge in [-0.05, 0) is 20.8 Å². The van der Waals surface area contributed by atoms with Gasteiger partial charge in [-0.3, -0.25) is 0 Å². The number of carbonyl (C=O) groups excluding carboxylic acids is 1. The molecule has 1 heterocycles. The fourth-order valence-electron chi connectivity index (χ4n) is 0.886. The zero-order valence-corrected chi connectivity index (χ0v) is 8.84. The smallest absolute Gasteiger partial charge is 0.419 e. The van der Waals surface area contributed by atoms with Gasteiger partial charge in [0.1, 0.15) is 17.6 Å². The summed E-state index contributed by atoms with van der Waals surface area (Å²) in [6.07, 6.45) is 0.0808. The van der Waals surface area contributed by atoms with Gasteiger partial charge in [0.15, 0.2) is 6.29 Å². The lowest BCUT2D eigenvalue weighted by Crippen LogP contribution is -2.26. The highest BCUT2D eigenvalue weighted by Gasteiger charge is 2.18. The van der Waals surface area contributed by atoms with Crippen LogP contribution in [0, 0.1) is 0 Å². The molecule has 2 N–H and O–H groups in total. The maximum Gasteiger partial charge on any atom is 0.419 e. The lowest BCUT2D eigenvalue weighted by Gasteiger charge is -2.19. The molecule has 6 nitrogen and oxygen atoms in total. The lowest BCUT2D eigenvalue weighted by molar-refractivity contribution is -0.0455. The third-order valence-corrected chi connectivity index (χ3v) is 1.47. The summed E-state index contributed by atoms with van der Waals surface area (Å²) < 4.78 is 6.09. The zero-order chi connectivity index (χ0) is 11.6. The van der Waals surface area contributed by atoms with Crippen LogP contribution < -0.4 is 0 Å². The first-order valence-electron chi connectivity index (χ1n) is 4.43. The van der Waals surface area contributed by atoms with E-state index in [1.807, 2.05) is 0 Å². The van der Waals surface area contributed by atoms with Crippen molar-refractivity contribution in [2.24, 2.45) is 0 Å². The molecule has 0 aliphatic carbocycles. The minimum Gasteiger partial charge on any atom is -0.443 e. The molecule has 0 aromatic carbocycles. The topological polar surface area (TPSA) is 84.6 Å². The minimum absolute atomic E-state index is 0.000796. The summed E-state index contributed by atoms with van der Waals surface area (Å²) >= 11 is 0. The maximum absolute atomic E-state index is 11.4. The third-order valence-electron chi connectivity index (χ3n) is 1.47. The molecule has 15 heavy (non-hydrogen) atoms. The number of aliphatic hydroxyl groups is 2. The molecule has 0 unspecified atom stereocenters. The molecule has 84 valence electrons. The van der Waals surface area contributed by atoms with Crippen molar-refractivity contribution >= 4 is 6.09 Å². The SMILES string of the molecule is CC(C)(C)OC(=O)n1cnc(C(O)O)c1. The average molecular weight is 214 g/mol. The third kappa shape index (κ3) is 3.34. The van der Waals surface area contributed by atoms with E-state index in [9.17, 15) is 4.79 Å². The highest BCUT2D eigenvalue weighted by molar-refractivity contribution is 5.70. The summed E-state index contributed by atoms with van der Waals surface area (Å²) in [4.78, 5) is 15.1. The van der Waals surface area contributed by atoms with Crippen molar-refractivity contribution in [1.29, 1.82) is 0 Å². The Hall–Kier alpha value is -1.40. The lowest BCUT2D eigenvalue weighted by atomic mass is 10.2. The molecule has 0 saturated heterocycles. The van der Waals surface area contributed by atoms with Crippen molar-refractivity contribution in [3.63, 3.8) is 0 Å². The predicted molar refractivity (Wildman–Crippen MR) is 51.0 cm³/mol. The molecule has 1 aromatic heterocycles. The van der Waals surface area contributed by atoms with Gasteiger partial charge < -0.3 is 14.9 Å². The van der Waals surface area contributed by atoms with Gasteiger partial charge in [-0.2, -0.15) is 0 Å². The second-order valence-corrected chi connectivity index (χ2v) is 4.06. The first kappa shape index (κ1) is 11.7. The number of imidazole rings is 1. The van der Waals surface area contributed by atoms with Crippen LogP contribution in [0.5, 0.6) is 0 Å². The van der Waals surface area contributed by atoms with Crippen LogP contribution in [0.15, 0.2) is 12.5 Å². The largest absolute Gasteiger partial charge is 0.443 e. The van der Waals surface area contributed by atoms with E-state index in [4.69, 9.17) is 14.9 Å². The van der Waals surface area contributed by atoms with E-state index < -0.39 is 18.0 Å². The highest BCUT2D eigenvalue weighted by atomic mass is 16.6. The van der Waals surface area contributed by atoms with Crippen LogP contribution in [0.25, 0.3) is 0 Å². The molecule has 0 aliphatic heterocycles. The van der Waals surface area contributed by atoms with Crippen molar-refractivity contribution < 1.29 is 19.7 Å². The number of nitrogens with zero attached hydrogens (tertiary/aromatic N) is 2. The van der Waals surface area contributed by atoms with Gasteiger partial charge >= 0.3 is 6.09 Å². The van der Waals surface area contributed by atoms with Crippen molar-refractivity contribution in [2.45, 2.75) is 32.7 Å². The van der Waals surface area contributed by atoms with Crippen LogP contribution in [-0.2, 0) is 4.74 Å². The van der Waals surface area contributed by atoms with Crippen LogP contribution in [0.1, 0.15) is 32.8 Å². The van der Waals surface area contributed by atoms with Gasteiger partial charge in [-0.1, -0.05) is 0 Å². The van der Waals surface area contributed by atoms with Crippen LogP contribution in [0.2, 0.25) is 0 Å². The van der Waals surface area contributed by atoms with Crippen LogP contribution in [-0.4, -0.2) is 31.5 Å². The molecule has 0 aliphatic rings. The van der Waals surface area contributed by atoms with Crippen molar-refractivity contribution in [3.05, 3.63) is 18.2 Å². The Morgan fingerprint density at radius 3 is 2.53 bits per heavy atom. The number of carbonyl (C=O) groups is 1. The number of rotatable bonds is 1. The van der Waals surface area contributed by atoms with E-state index in [1.165, 1.54) is 12.5 Å². The summed E-state index contributed by atoms with van der Waals surface area (Å²) in [6.45, 7) is 5.22. The van der Waals surface area contributed by atoms with E-state index in [0.29, 0.717) is 0 Å². The normalized spacial score (nSPS) is 11.9. The molecule has 6 heteroatoms. The molecule has 0 bridgehead atoms. The van der Waals surface area contributed by atoms with Gasteiger partial charge in [0, 0.05) is 6.20 Å². The summed E-state index contributed by atoms with van der Waals surface area (Å²) in [5, 5.41) is 17.6. The van der Waals surface area contributed by atoms with Crippen molar-refractivity contribution in [1.82, 2.24) is 9.55 Å². The standard InChI is InChI=1S/C9H14N2O4/c1-9(2,3)15-8(14)11-4-6(7(12)13)10-5-11/h4-5,7,12-13H,1-3H3. The molecule has 0 atom stereocenters. The number of aromatic nitrogens is 2. The fourth-order valence-corrected chi connectivity index (χ4v) is 0.886. The first-order chi connectivity index (χ1) is 6.79. The molecular formula is C9H14N2O4. The fraction of sp³-hybridized carbons (Fsp3) is 0.556. The van der Waals surface area contributed by atoms with E-state index in [-0.39, 0.29) is 5.69 Å². The monoisotopic (exact) mass is 214 g/mol. The second kappa shape index (κ2) is 4.00. The summed E-state index contributed by atoms with van der Waals surface area (Å²) in [6, 6.07) is 0. The Kier molecular flexibility index (Phi) is 3.11. The van der Waals surface area contributed by atoms with Gasteiger partial charge in [0.25, 0.3) is 0 Å². The van der Waals surface area contributed by atoms with Gasteiger partial charge in [0.2, 0.25) is 0 Å². The quantitative estimate of drug-likeness (QED) is 0.670. The Morgan fingerprint density at radius 2 is 2.13 bits per heavy atom. The molecule has 0 fully saturated rings. The zero-order valence-electron chi connectivity index (χ0n) is 8.84. The Labute approximate surface area is 87.1 Å². The number of ether oxygens (including phenoxy) is 1. The summed E-state index contributed by atoms with van der Waals surface area (Å²) in [5.74, 6) is 0. The maximum atomic E-state index is 11.4. The Balaban J connectivity index is 2.75. The van der Waals surface area contributed by atoms with Crippen molar-refractivity contribution in [2.75, 3.05) is 0 Å². The van der Waals surface area contributed by atoms with E-state index in [2.05, 4.69) is 4.98 Å². The van der Waals surface area contributed by atoms with Gasteiger partial charge in [0.05, 0.1) is 0 Å². The van der Waals surface area contributed by atoms with Crippen molar-refractivity contribution in [3.8, 4) is 0 Å². The van der Waals surface area contributed by atoms with E-state index in [0.717, 1.165) is 4.57 Å². The van der Waals surface area contributed by atoms with Crippen LogP contribution >= 0.6 is 0 Å². The molecular weight excluding hydrogens is 200 g/mol. The highest BCUT2D eigenvalue weighted by Crippen LogP contribution is 2.11. The Morgan fingerprint density at radius 1 is 1.53 bits per heavy atom. The molecule has 0 saturated carbocycles. The Bertz CT molecular complexity index is 351. The first-order valence-corrected chi connectivity index (χ1v) is 4.43. The van der Waals surface area contributed by atoms with Gasteiger partial charge in [-0.25, -0.2) is 14.3 Å². The molecule has 1 aromatic rings.